The lowest BCUT2D eigenvalue weighted by Crippen LogP contribution is -2.13. The van der Waals surface area contributed by atoms with E-state index in [4.69, 9.17) is 24.0 Å². The fraction of sp³-hybridized carbons (Fsp3) is 0.280. The molecule has 0 aliphatic carbocycles. The van der Waals surface area contributed by atoms with Gasteiger partial charge in [-0.3, -0.25) is 4.99 Å². The summed E-state index contributed by atoms with van der Waals surface area (Å²) in [4.78, 5) is 5.43. The van der Waals surface area contributed by atoms with Crippen LogP contribution in [0.3, 0.4) is 0 Å². The largest absolute Gasteiger partial charge is 0.497 e. The molecule has 7 nitrogen and oxygen atoms in total. The maximum absolute atomic E-state index is 5.62. The lowest BCUT2D eigenvalue weighted by Gasteiger charge is -2.11. The van der Waals surface area contributed by atoms with Crippen molar-refractivity contribution >= 4 is 17.6 Å². The van der Waals surface area contributed by atoms with Crippen molar-refractivity contribution in [1.82, 2.24) is 4.68 Å². The summed E-state index contributed by atoms with van der Waals surface area (Å²) in [5.41, 5.74) is 3.58. The van der Waals surface area contributed by atoms with E-state index in [1.807, 2.05) is 55.6 Å². The molecule has 0 fully saturated rings. The van der Waals surface area contributed by atoms with Crippen molar-refractivity contribution in [3.63, 3.8) is 0 Å². The highest BCUT2D eigenvalue weighted by Gasteiger charge is 2.14. The number of benzene rings is 2. The first-order valence-electron chi connectivity index (χ1n) is 10.4. The Morgan fingerprint density at radius 2 is 1.82 bits per heavy atom. The molecule has 0 amide bonds. The van der Waals surface area contributed by atoms with Gasteiger partial charge in [-0.05, 0) is 49.7 Å². The monoisotopic (exact) mass is 467 g/mol. The summed E-state index contributed by atoms with van der Waals surface area (Å²) in [6, 6.07) is 11.4. The molecule has 0 spiro atoms. The Labute approximate surface area is 198 Å². The van der Waals surface area contributed by atoms with Gasteiger partial charge in [0.1, 0.15) is 11.5 Å². The average Bonchev–Trinajstić information content (AvgIpc) is 3.24. The van der Waals surface area contributed by atoms with E-state index in [1.165, 1.54) is 11.3 Å². The minimum Gasteiger partial charge on any atom is -0.497 e. The summed E-state index contributed by atoms with van der Waals surface area (Å²) < 4.78 is 23.8. The summed E-state index contributed by atoms with van der Waals surface area (Å²) in [5, 5.41) is 6.77. The van der Waals surface area contributed by atoms with Crippen LogP contribution in [0.25, 0.3) is 11.3 Å². The van der Waals surface area contributed by atoms with Crippen molar-refractivity contribution in [1.29, 1.82) is 0 Å². The van der Waals surface area contributed by atoms with Crippen LogP contribution < -0.4 is 23.7 Å². The molecule has 0 saturated heterocycles. The average molecular weight is 468 g/mol. The molecule has 3 aromatic rings. The van der Waals surface area contributed by atoms with Crippen LogP contribution in [0.1, 0.15) is 19.4 Å². The van der Waals surface area contributed by atoms with Gasteiger partial charge in [-0.25, -0.2) is 4.68 Å². The van der Waals surface area contributed by atoms with E-state index >= 15 is 0 Å². The van der Waals surface area contributed by atoms with Gasteiger partial charge in [-0.2, -0.15) is 5.10 Å². The zero-order chi connectivity index (χ0) is 23.8. The lowest BCUT2D eigenvalue weighted by molar-refractivity contribution is 0.311. The van der Waals surface area contributed by atoms with Gasteiger partial charge in [-0.15, -0.1) is 11.3 Å². The van der Waals surface area contributed by atoms with Crippen LogP contribution in [0.15, 0.2) is 64.0 Å². The Bertz CT molecular complexity index is 1210. The van der Waals surface area contributed by atoms with Crippen LogP contribution in [0, 0.1) is 0 Å². The smallest absolute Gasteiger partial charge is 0.206 e. The highest BCUT2D eigenvalue weighted by molar-refractivity contribution is 7.07. The van der Waals surface area contributed by atoms with Gasteiger partial charge in [0, 0.05) is 17.0 Å². The topological polar surface area (TPSA) is 66.6 Å². The van der Waals surface area contributed by atoms with E-state index in [2.05, 4.69) is 11.6 Å². The SMILES string of the molecule is C=C(C)CN=c1scc(-c2ccc(OC)cc2OC)n1N=Cc1ccc(OCC)c(OC)c1. The zero-order valence-electron chi connectivity index (χ0n) is 19.6. The predicted octanol–water partition coefficient (Wildman–Crippen LogP) is 5.00. The minimum absolute atomic E-state index is 0.520. The van der Waals surface area contributed by atoms with Crippen LogP contribution >= 0.6 is 11.3 Å². The third-order valence-corrected chi connectivity index (χ3v) is 5.52. The fourth-order valence-corrected chi connectivity index (χ4v) is 3.91. The van der Waals surface area contributed by atoms with Gasteiger partial charge in [-0.1, -0.05) is 12.2 Å². The first kappa shape index (κ1) is 24.1. The molecule has 174 valence electrons. The van der Waals surface area contributed by atoms with E-state index in [9.17, 15) is 0 Å². The molecular formula is C25H29N3O4S. The van der Waals surface area contributed by atoms with Crippen molar-refractivity contribution in [3.05, 3.63) is 64.3 Å². The number of aromatic nitrogens is 1. The summed E-state index contributed by atoms with van der Waals surface area (Å²) >= 11 is 1.50. The molecule has 8 heteroatoms. The molecule has 0 aliphatic rings. The molecular weight excluding hydrogens is 438 g/mol. The van der Waals surface area contributed by atoms with E-state index < -0.39 is 0 Å². The van der Waals surface area contributed by atoms with Crippen molar-refractivity contribution in [3.8, 4) is 34.3 Å². The predicted molar refractivity (Wildman–Crippen MR) is 133 cm³/mol. The molecule has 0 bridgehead atoms. The van der Waals surface area contributed by atoms with Crippen LogP contribution in [0.4, 0.5) is 0 Å². The Kier molecular flexibility index (Phi) is 8.32. The lowest BCUT2D eigenvalue weighted by atomic mass is 10.1. The maximum Gasteiger partial charge on any atom is 0.206 e. The van der Waals surface area contributed by atoms with Gasteiger partial charge < -0.3 is 18.9 Å². The number of thiazole rings is 1. The molecule has 0 atom stereocenters. The van der Waals surface area contributed by atoms with Crippen molar-refractivity contribution in [2.24, 2.45) is 10.1 Å². The van der Waals surface area contributed by atoms with E-state index in [0.717, 1.165) is 32.9 Å². The van der Waals surface area contributed by atoms with Crippen LogP contribution in [-0.4, -0.2) is 45.4 Å². The molecule has 2 aromatic carbocycles. The third kappa shape index (κ3) is 5.84. The van der Waals surface area contributed by atoms with E-state index in [0.29, 0.717) is 30.4 Å². The highest BCUT2D eigenvalue weighted by Crippen LogP contribution is 2.33. The molecule has 1 aromatic heterocycles. The molecule has 0 unspecified atom stereocenters. The second-order valence-corrected chi connectivity index (χ2v) is 7.98. The Hall–Kier alpha value is -3.52. The van der Waals surface area contributed by atoms with E-state index in [1.54, 1.807) is 32.2 Å². The quantitative estimate of drug-likeness (QED) is 0.311. The molecule has 33 heavy (non-hydrogen) atoms. The summed E-state index contributed by atoms with van der Waals surface area (Å²) in [7, 11) is 4.88. The minimum atomic E-state index is 0.520. The third-order valence-electron chi connectivity index (χ3n) is 4.66. The standard InChI is InChI=1S/C25H29N3O4S/c1-7-32-22-11-8-18(12-24(22)31-6)15-27-28-21(16-33-25(28)26-14-17(2)3)20-10-9-19(29-4)13-23(20)30-5/h8-13,15-16H,2,7,14H2,1,3-6H3. The van der Waals surface area contributed by atoms with Crippen LogP contribution in [0.2, 0.25) is 0 Å². The molecule has 0 radical (unpaired) electrons. The Balaban J connectivity index is 2.09. The van der Waals surface area contributed by atoms with Crippen molar-refractivity contribution in [2.45, 2.75) is 13.8 Å². The van der Waals surface area contributed by atoms with Gasteiger partial charge >= 0.3 is 0 Å². The number of rotatable bonds is 10. The summed E-state index contributed by atoms with van der Waals surface area (Å²) in [5.74, 6) is 2.75. The van der Waals surface area contributed by atoms with Gasteiger partial charge in [0.2, 0.25) is 4.80 Å². The number of hydrogen-bond donors (Lipinski definition) is 0. The first-order chi connectivity index (χ1) is 16.0. The zero-order valence-corrected chi connectivity index (χ0v) is 20.4. The second kappa shape index (κ2) is 11.4. The van der Waals surface area contributed by atoms with Gasteiger partial charge in [0.25, 0.3) is 0 Å². The van der Waals surface area contributed by atoms with Gasteiger partial charge in [0.15, 0.2) is 11.5 Å². The highest BCUT2D eigenvalue weighted by atomic mass is 32.1. The molecule has 0 saturated carbocycles. The number of ether oxygens (including phenoxy) is 4. The van der Waals surface area contributed by atoms with Crippen molar-refractivity contribution < 1.29 is 18.9 Å². The Morgan fingerprint density at radius 3 is 2.48 bits per heavy atom. The van der Waals surface area contributed by atoms with Gasteiger partial charge in [0.05, 0.1) is 46.4 Å². The molecule has 3 rings (SSSR count). The number of nitrogens with zero attached hydrogens (tertiary/aromatic N) is 3. The molecule has 0 N–H and O–H groups in total. The number of methoxy groups -OCH3 is 3. The molecule has 1 heterocycles. The maximum atomic E-state index is 5.62. The Morgan fingerprint density at radius 1 is 1.03 bits per heavy atom. The fourth-order valence-electron chi connectivity index (χ4n) is 3.08. The summed E-state index contributed by atoms with van der Waals surface area (Å²) in [6.07, 6.45) is 1.77. The first-order valence-corrected chi connectivity index (χ1v) is 11.3. The summed E-state index contributed by atoms with van der Waals surface area (Å²) in [6.45, 7) is 8.92. The van der Waals surface area contributed by atoms with Crippen molar-refractivity contribution in [2.75, 3.05) is 34.5 Å². The van der Waals surface area contributed by atoms with E-state index in [-0.39, 0.29) is 0 Å². The normalized spacial score (nSPS) is 11.6. The molecule has 0 aliphatic heterocycles. The second-order valence-electron chi connectivity index (χ2n) is 7.14. The van der Waals surface area contributed by atoms with Crippen LogP contribution in [0.5, 0.6) is 23.0 Å². The number of hydrogen-bond acceptors (Lipinski definition) is 7. The van der Waals surface area contributed by atoms with Crippen LogP contribution in [-0.2, 0) is 0 Å².